The molecule has 2 heterocycles. The van der Waals surface area contributed by atoms with Gasteiger partial charge < -0.3 is 10.1 Å². The van der Waals surface area contributed by atoms with Gasteiger partial charge in [0.25, 0.3) is 5.91 Å². The molecule has 0 unspecified atom stereocenters. The van der Waals surface area contributed by atoms with Gasteiger partial charge in [0.15, 0.2) is 0 Å². The van der Waals surface area contributed by atoms with Crippen molar-refractivity contribution in [3.8, 4) is 0 Å². The van der Waals surface area contributed by atoms with Crippen LogP contribution in [0, 0.1) is 6.92 Å². The number of halogens is 6. The van der Waals surface area contributed by atoms with E-state index in [0.717, 1.165) is 32.9 Å². The molecule has 0 bridgehead atoms. The molecule has 2 saturated heterocycles. The van der Waals surface area contributed by atoms with Crippen LogP contribution in [-0.4, -0.2) is 49.2 Å². The molecule has 1 aromatic rings. The van der Waals surface area contributed by atoms with Crippen LogP contribution in [0.3, 0.4) is 0 Å². The lowest BCUT2D eigenvalue weighted by atomic mass is 9.95. The van der Waals surface area contributed by atoms with Crippen molar-refractivity contribution in [2.45, 2.75) is 50.6 Å². The number of alkyl halides is 6. The summed E-state index contributed by atoms with van der Waals surface area (Å²) in [6, 6.07) is -0.0344. The molecule has 0 aromatic heterocycles. The number of hydrogen-bond acceptors (Lipinski definition) is 3. The monoisotopic (exact) mass is 424 g/mol. The van der Waals surface area contributed by atoms with Gasteiger partial charge in [0.1, 0.15) is 0 Å². The zero-order chi connectivity index (χ0) is 21.4. The SMILES string of the molecule is Cc1cc(C(F)(F)F)cc(C(F)(F)F)c1C(=O)N[C@H]1COCC[C@@H]1N1CCCC1. The molecule has 2 atom stereocenters. The first-order valence-corrected chi connectivity index (χ1v) is 9.40. The van der Waals surface area contributed by atoms with Crippen molar-refractivity contribution in [2.24, 2.45) is 0 Å². The third-order valence-electron chi connectivity index (χ3n) is 5.44. The van der Waals surface area contributed by atoms with Gasteiger partial charge in [0, 0.05) is 12.6 Å². The molecule has 1 aromatic carbocycles. The summed E-state index contributed by atoms with van der Waals surface area (Å²) >= 11 is 0. The average molecular weight is 424 g/mol. The number of aryl methyl sites for hydroxylation is 1. The Morgan fingerprint density at radius 2 is 1.76 bits per heavy atom. The lowest BCUT2D eigenvalue weighted by Gasteiger charge is -2.38. The van der Waals surface area contributed by atoms with E-state index in [1.54, 1.807) is 0 Å². The van der Waals surface area contributed by atoms with Gasteiger partial charge in [0.05, 0.1) is 29.3 Å². The molecule has 3 rings (SSSR count). The normalized spacial score (nSPS) is 24.0. The van der Waals surface area contributed by atoms with Crippen molar-refractivity contribution in [3.05, 3.63) is 34.4 Å². The molecule has 2 aliphatic heterocycles. The van der Waals surface area contributed by atoms with Gasteiger partial charge in [-0.3, -0.25) is 9.69 Å². The van der Waals surface area contributed by atoms with E-state index in [1.165, 1.54) is 0 Å². The molecule has 2 aliphatic rings. The van der Waals surface area contributed by atoms with E-state index in [0.29, 0.717) is 19.1 Å². The zero-order valence-corrected chi connectivity index (χ0v) is 15.8. The van der Waals surface area contributed by atoms with Crippen molar-refractivity contribution >= 4 is 5.91 Å². The maximum atomic E-state index is 13.5. The third-order valence-corrected chi connectivity index (χ3v) is 5.44. The average Bonchev–Trinajstić information content (AvgIpc) is 3.14. The van der Waals surface area contributed by atoms with Crippen molar-refractivity contribution < 1.29 is 35.9 Å². The Labute approximate surface area is 164 Å². The van der Waals surface area contributed by atoms with Crippen LogP contribution in [-0.2, 0) is 17.1 Å². The molecule has 0 saturated carbocycles. The molecule has 0 radical (unpaired) electrons. The van der Waals surface area contributed by atoms with E-state index < -0.39 is 41.0 Å². The highest BCUT2D eigenvalue weighted by Gasteiger charge is 2.41. The number of ether oxygens (including phenoxy) is 1. The molecule has 0 spiro atoms. The van der Waals surface area contributed by atoms with Crippen LogP contribution < -0.4 is 5.32 Å². The molecule has 10 heteroatoms. The molecule has 1 amide bonds. The zero-order valence-electron chi connectivity index (χ0n) is 15.8. The topological polar surface area (TPSA) is 41.6 Å². The van der Waals surface area contributed by atoms with Crippen molar-refractivity contribution in [3.63, 3.8) is 0 Å². The number of amides is 1. The maximum Gasteiger partial charge on any atom is 0.417 e. The fourth-order valence-electron chi connectivity index (χ4n) is 4.09. The molecule has 4 nitrogen and oxygen atoms in total. The first-order chi connectivity index (χ1) is 13.5. The van der Waals surface area contributed by atoms with Gasteiger partial charge in [-0.1, -0.05) is 0 Å². The molecule has 0 aliphatic carbocycles. The summed E-state index contributed by atoms with van der Waals surface area (Å²) in [7, 11) is 0. The van der Waals surface area contributed by atoms with Crippen LogP contribution in [0.2, 0.25) is 0 Å². The van der Waals surface area contributed by atoms with Crippen LogP contribution in [0.1, 0.15) is 46.3 Å². The van der Waals surface area contributed by atoms with Crippen LogP contribution >= 0.6 is 0 Å². The molecule has 2 fully saturated rings. The second-order valence-electron chi connectivity index (χ2n) is 7.47. The Morgan fingerprint density at radius 1 is 1.10 bits per heavy atom. The summed E-state index contributed by atoms with van der Waals surface area (Å²) < 4.78 is 84.7. The van der Waals surface area contributed by atoms with Crippen LogP contribution in [0.4, 0.5) is 26.3 Å². The van der Waals surface area contributed by atoms with E-state index >= 15 is 0 Å². The summed E-state index contributed by atoms with van der Waals surface area (Å²) in [5.74, 6) is -1.04. The molecule has 29 heavy (non-hydrogen) atoms. The highest BCUT2D eigenvalue weighted by atomic mass is 19.4. The molecule has 1 N–H and O–H groups in total. The van der Waals surface area contributed by atoms with Crippen molar-refractivity contribution in [2.75, 3.05) is 26.3 Å². The first-order valence-electron chi connectivity index (χ1n) is 9.40. The summed E-state index contributed by atoms with van der Waals surface area (Å²) in [6.07, 6.45) is -7.40. The van der Waals surface area contributed by atoms with Gasteiger partial charge in [-0.2, -0.15) is 26.3 Å². The minimum Gasteiger partial charge on any atom is -0.379 e. The quantitative estimate of drug-likeness (QED) is 0.746. The van der Waals surface area contributed by atoms with Crippen LogP contribution in [0.25, 0.3) is 0 Å². The smallest absolute Gasteiger partial charge is 0.379 e. The summed E-state index contributed by atoms with van der Waals surface area (Å²) in [6.45, 7) is 3.39. The standard InChI is InChI=1S/C19H22F6N2O2/c1-11-8-12(18(20,21)22)9-13(19(23,24)25)16(11)17(28)26-14-10-29-7-4-15(14)27-5-2-3-6-27/h8-9,14-15H,2-7,10H2,1H3,(H,26,28)/t14-,15-/m0/s1. The number of rotatable bonds is 3. The predicted octanol–water partition coefficient (Wildman–Crippen LogP) is 4.02. The van der Waals surface area contributed by atoms with Crippen LogP contribution in [0.15, 0.2) is 12.1 Å². The lowest BCUT2D eigenvalue weighted by Crippen LogP contribution is -2.56. The molecular formula is C19H22F6N2O2. The van der Waals surface area contributed by atoms with E-state index in [-0.39, 0.29) is 24.3 Å². The maximum absolute atomic E-state index is 13.5. The summed E-state index contributed by atoms with van der Waals surface area (Å²) in [5.41, 5.74) is -4.18. The Bertz CT molecular complexity index is 756. The largest absolute Gasteiger partial charge is 0.417 e. The van der Waals surface area contributed by atoms with Gasteiger partial charge in [-0.15, -0.1) is 0 Å². The van der Waals surface area contributed by atoms with Crippen molar-refractivity contribution in [1.29, 1.82) is 0 Å². The minimum absolute atomic E-state index is 0.00274. The Kier molecular flexibility index (Phi) is 6.14. The van der Waals surface area contributed by atoms with E-state index in [1.807, 2.05) is 0 Å². The number of carbonyl (C=O) groups is 1. The van der Waals surface area contributed by atoms with Gasteiger partial charge >= 0.3 is 12.4 Å². The highest BCUT2D eigenvalue weighted by molar-refractivity contribution is 5.97. The fraction of sp³-hybridized carbons (Fsp3) is 0.632. The van der Waals surface area contributed by atoms with Gasteiger partial charge in [-0.05, 0) is 57.0 Å². The number of benzene rings is 1. The lowest BCUT2D eigenvalue weighted by molar-refractivity contribution is -0.143. The Hall–Kier alpha value is -1.81. The van der Waals surface area contributed by atoms with E-state index in [9.17, 15) is 31.1 Å². The second-order valence-corrected chi connectivity index (χ2v) is 7.47. The van der Waals surface area contributed by atoms with E-state index in [2.05, 4.69) is 10.2 Å². The van der Waals surface area contributed by atoms with Gasteiger partial charge in [-0.25, -0.2) is 0 Å². The first kappa shape index (κ1) is 21.9. The van der Waals surface area contributed by atoms with Crippen LogP contribution in [0.5, 0.6) is 0 Å². The number of nitrogens with one attached hydrogen (secondary N) is 1. The fourth-order valence-corrected chi connectivity index (χ4v) is 4.09. The summed E-state index contributed by atoms with van der Waals surface area (Å²) in [4.78, 5) is 14.9. The number of hydrogen-bond donors (Lipinski definition) is 1. The second kappa shape index (κ2) is 8.14. The highest BCUT2D eigenvalue weighted by Crippen LogP contribution is 2.39. The third kappa shape index (κ3) is 4.85. The number of nitrogens with zero attached hydrogens (tertiary/aromatic N) is 1. The molecule has 162 valence electrons. The van der Waals surface area contributed by atoms with Crippen molar-refractivity contribution in [1.82, 2.24) is 10.2 Å². The Morgan fingerprint density at radius 3 is 2.34 bits per heavy atom. The number of likely N-dealkylation sites (tertiary alicyclic amines) is 1. The number of carbonyl (C=O) groups excluding carboxylic acids is 1. The van der Waals surface area contributed by atoms with E-state index in [4.69, 9.17) is 4.74 Å². The van der Waals surface area contributed by atoms with Gasteiger partial charge in [0.2, 0.25) is 0 Å². The summed E-state index contributed by atoms with van der Waals surface area (Å²) in [5, 5.41) is 2.59. The predicted molar refractivity (Wildman–Crippen MR) is 92.5 cm³/mol. The molecular weight excluding hydrogens is 402 g/mol. The minimum atomic E-state index is -5.10. The Balaban J connectivity index is 1.91.